The molecule has 394 valence electrons. The van der Waals surface area contributed by atoms with E-state index in [4.69, 9.17) is 38.4 Å². The van der Waals surface area contributed by atoms with Gasteiger partial charge in [-0.2, -0.15) is 0 Å². The number of ether oxygens (including phenoxy) is 6. The summed E-state index contributed by atoms with van der Waals surface area (Å²) in [4.78, 5) is 47.5. The summed E-state index contributed by atoms with van der Waals surface area (Å²) in [6, 6.07) is 24.7. The van der Waals surface area contributed by atoms with E-state index in [1.807, 2.05) is 30.3 Å². The lowest BCUT2D eigenvalue weighted by Crippen LogP contribution is -2.70. The smallest absolute Gasteiger partial charge is 0.417 e. The number of benzene rings is 4. The Hall–Kier alpha value is -7.09. The first-order valence-electron chi connectivity index (χ1n) is 24.9. The summed E-state index contributed by atoms with van der Waals surface area (Å²) in [5, 5.41) is 48.9. The van der Waals surface area contributed by atoms with Gasteiger partial charge < -0.3 is 53.5 Å². The Morgan fingerprint density at radius 3 is 2.38 bits per heavy atom. The zero-order valence-electron chi connectivity index (χ0n) is 41.8. The van der Waals surface area contributed by atoms with Gasteiger partial charge in [-0.15, -0.1) is 6.58 Å². The van der Waals surface area contributed by atoms with Crippen LogP contribution in [0.2, 0.25) is 0 Å². The summed E-state index contributed by atoms with van der Waals surface area (Å²) in [7, 11) is 3.01. The molecule has 6 unspecified atom stereocenters. The molecular formula is C56H66N4O14. The normalized spacial score (nSPS) is 21.1. The molecule has 2 amide bonds. The second kappa shape index (κ2) is 26.7. The molecule has 6 atom stereocenters. The molecule has 0 aromatic heterocycles. The van der Waals surface area contributed by atoms with Gasteiger partial charge in [0.25, 0.3) is 5.69 Å². The molecule has 2 aliphatic carbocycles. The third-order valence-corrected chi connectivity index (χ3v) is 13.6. The van der Waals surface area contributed by atoms with Gasteiger partial charge >= 0.3 is 6.09 Å². The van der Waals surface area contributed by atoms with E-state index < -0.39 is 40.6 Å². The molecule has 0 saturated heterocycles. The van der Waals surface area contributed by atoms with Gasteiger partial charge in [-0.3, -0.25) is 20.2 Å². The maximum atomic E-state index is 15.0. The van der Waals surface area contributed by atoms with Crippen LogP contribution in [0, 0.1) is 27.9 Å². The van der Waals surface area contributed by atoms with Gasteiger partial charge in [-0.1, -0.05) is 60.5 Å². The number of non-ortho nitro benzene ring substituents is 1. The summed E-state index contributed by atoms with van der Waals surface area (Å²) in [6.07, 6.45) is 10.0. The third-order valence-electron chi connectivity index (χ3n) is 13.6. The topological polar surface area (TPSA) is 230 Å². The molecule has 7 rings (SSSR count). The molecule has 4 aromatic carbocycles. The van der Waals surface area contributed by atoms with Crippen molar-refractivity contribution >= 4 is 35.2 Å². The molecule has 18 nitrogen and oxygen atoms in total. The highest BCUT2D eigenvalue weighted by atomic mass is 16.7. The molecule has 1 saturated carbocycles. The number of carbonyl (C=O) groups excluding carboxylic acids is 2. The molecule has 18 heteroatoms. The molecule has 0 radical (unpaired) electrons. The summed E-state index contributed by atoms with van der Waals surface area (Å²) >= 11 is 0. The number of unbranched alkanes of at least 4 members (excludes halogenated alkanes) is 2. The van der Waals surface area contributed by atoms with Crippen molar-refractivity contribution in [3.8, 4) is 23.0 Å². The minimum absolute atomic E-state index is 0.00427. The van der Waals surface area contributed by atoms with Crippen molar-refractivity contribution in [2.24, 2.45) is 22.9 Å². The first kappa shape index (κ1) is 54.7. The van der Waals surface area contributed by atoms with Gasteiger partial charge in [0, 0.05) is 61.9 Å². The molecular weight excluding hydrogens is 953 g/mol. The van der Waals surface area contributed by atoms with Gasteiger partial charge in [0.1, 0.15) is 35.6 Å². The van der Waals surface area contributed by atoms with Crippen LogP contribution in [-0.2, 0) is 25.7 Å². The number of oxime groups is 1. The monoisotopic (exact) mass is 1020 g/mol. The number of allylic oxidation sites excluding steroid dienone is 1. The van der Waals surface area contributed by atoms with E-state index in [1.165, 1.54) is 32.4 Å². The molecule has 4 aromatic rings. The predicted molar refractivity (Wildman–Crippen MR) is 277 cm³/mol. The number of fused-ring (bicyclic) bond motifs is 2. The average molecular weight is 1020 g/mol. The van der Waals surface area contributed by atoms with Crippen LogP contribution in [0.5, 0.6) is 23.0 Å². The highest BCUT2D eigenvalue weighted by Gasteiger charge is 2.65. The molecule has 3 aliphatic rings. The Balaban J connectivity index is 1.40. The van der Waals surface area contributed by atoms with Crippen molar-refractivity contribution in [3.05, 3.63) is 148 Å². The van der Waals surface area contributed by atoms with Crippen LogP contribution in [0.1, 0.15) is 67.6 Å². The lowest BCUT2D eigenvalue weighted by atomic mass is 9.55. The van der Waals surface area contributed by atoms with E-state index in [9.17, 15) is 30.2 Å². The van der Waals surface area contributed by atoms with Crippen LogP contribution in [0.4, 0.5) is 16.2 Å². The van der Waals surface area contributed by atoms with Crippen molar-refractivity contribution in [2.75, 3.05) is 65.7 Å². The van der Waals surface area contributed by atoms with Crippen molar-refractivity contribution in [1.82, 2.24) is 4.90 Å². The van der Waals surface area contributed by atoms with Gasteiger partial charge in [0.2, 0.25) is 11.7 Å². The fourth-order valence-electron chi connectivity index (χ4n) is 10.3. The Morgan fingerprint density at radius 2 is 1.68 bits per heavy atom. The number of methoxy groups -OCH3 is 2. The standard InChI is InChI=1S/C56H66N4O14/c1-4-30-71-56-51(59(26-31-70-32-29-63)52(64)25-18-38-16-19-41(20-17-38)60(66)67)36-48(58-72-37-39-12-6-5-7-13-39)45-33-40(14-8-10-27-61)44(15-9-11-28-62)53(54(45)56)46-34-43(22-24-49(46)74-56)73-55(65)57-47-23-21-42(68-2)35-50(47)69-3/h4-7,12-13,16-25,33-35,40,44,51,53-54,61-63H,1,8-11,14-15,26-32,36-37H2,2-3H3,(H,57,65). The molecule has 0 spiro atoms. The number of aliphatic hydroxyl groups is 3. The summed E-state index contributed by atoms with van der Waals surface area (Å²) < 4.78 is 37.1. The van der Waals surface area contributed by atoms with E-state index in [0.717, 1.165) is 23.1 Å². The van der Waals surface area contributed by atoms with Gasteiger partial charge in [0.05, 0.1) is 62.9 Å². The minimum atomic E-state index is -1.64. The highest BCUT2D eigenvalue weighted by molar-refractivity contribution is 6.03. The van der Waals surface area contributed by atoms with Gasteiger partial charge in [-0.25, -0.2) is 4.79 Å². The number of rotatable bonds is 27. The van der Waals surface area contributed by atoms with Crippen LogP contribution in [0.15, 0.2) is 127 Å². The Bertz CT molecular complexity index is 2620. The zero-order valence-corrected chi connectivity index (χ0v) is 41.8. The number of amides is 2. The molecule has 4 N–H and O–H groups in total. The van der Waals surface area contributed by atoms with Gasteiger partial charge in [-0.05, 0) is 103 Å². The molecule has 1 aliphatic heterocycles. The predicted octanol–water partition coefficient (Wildman–Crippen LogP) is 8.61. The van der Waals surface area contributed by atoms with Crippen LogP contribution >= 0.6 is 0 Å². The van der Waals surface area contributed by atoms with Crippen molar-refractivity contribution in [3.63, 3.8) is 0 Å². The Kier molecular flexibility index (Phi) is 19.8. The maximum absolute atomic E-state index is 15.0. The van der Waals surface area contributed by atoms with E-state index in [-0.39, 0.29) is 82.5 Å². The van der Waals surface area contributed by atoms with Crippen LogP contribution in [-0.4, -0.2) is 115 Å². The largest absolute Gasteiger partial charge is 0.497 e. The molecule has 1 heterocycles. The summed E-state index contributed by atoms with van der Waals surface area (Å²) in [5.74, 6) is -1.90. The first-order chi connectivity index (χ1) is 36.1. The Labute approximate surface area is 431 Å². The van der Waals surface area contributed by atoms with Crippen LogP contribution < -0.4 is 24.3 Å². The first-order valence-corrected chi connectivity index (χ1v) is 24.9. The highest BCUT2D eigenvalue weighted by Crippen LogP contribution is 2.62. The lowest BCUT2D eigenvalue weighted by molar-refractivity contribution is -0.384. The third kappa shape index (κ3) is 13.2. The second-order valence-corrected chi connectivity index (χ2v) is 18.2. The van der Waals surface area contributed by atoms with Crippen LogP contribution in [0.3, 0.4) is 0 Å². The van der Waals surface area contributed by atoms with Crippen molar-refractivity contribution in [1.29, 1.82) is 0 Å². The Morgan fingerprint density at radius 1 is 0.919 bits per heavy atom. The number of nitro groups is 1. The van der Waals surface area contributed by atoms with Crippen molar-refractivity contribution in [2.45, 2.75) is 69.3 Å². The van der Waals surface area contributed by atoms with Gasteiger partial charge in [0.15, 0.2) is 0 Å². The summed E-state index contributed by atoms with van der Waals surface area (Å²) in [6.45, 7) is 4.02. The molecule has 74 heavy (non-hydrogen) atoms. The zero-order chi connectivity index (χ0) is 52.5. The number of anilines is 1. The van der Waals surface area contributed by atoms with Crippen molar-refractivity contribution < 1.29 is 63.1 Å². The quantitative estimate of drug-likeness (QED) is 0.0144. The lowest BCUT2D eigenvalue weighted by Gasteiger charge is -2.60. The number of carbonyl (C=O) groups is 2. The van der Waals surface area contributed by atoms with Crippen LogP contribution in [0.25, 0.3) is 6.08 Å². The summed E-state index contributed by atoms with van der Waals surface area (Å²) in [5.41, 5.74) is 3.77. The molecule has 1 fully saturated rings. The fourth-order valence-corrected chi connectivity index (χ4v) is 10.3. The van der Waals surface area contributed by atoms with E-state index in [1.54, 1.807) is 65.6 Å². The fraction of sp³-hybridized carbons (Fsp3) is 0.411. The van der Waals surface area contributed by atoms with E-state index in [0.29, 0.717) is 66.3 Å². The number of nitro benzene ring substituents is 1. The van der Waals surface area contributed by atoms with E-state index >= 15 is 4.79 Å². The number of hydrogen-bond donors (Lipinski definition) is 4. The number of hydrogen-bond acceptors (Lipinski definition) is 15. The SMILES string of the molecule is C=CCOC12Oc3ccc(OC(=O)Nc4ccc(OC)cc4OC)cc3C3C(CCCCO)C(CCCCO)C=C(C(=NOCc4ccccc4)CC1N(CCOCCO)C(=O)C=Cc1ccc([N+](=O)[O-])cc1)C32. The molecule has 0 bridgehead atoms. The second-order valence-electron chi connectivity index (χ2n) is 18.2. The number of nitrogens with one attached hydrogen (secondary N) is 1. The number of nitrogens with zero attached hydrogens (tertiary/aromatic N) is 3. The van der Waals surface area contributed by atoms with E-state index in [2.05, 4.69) is 18.0 Å². The average Bonchev–Trinajstić information content (AvgIpc) is 3.46. The minimum Gasteiger partial charge on any atom is -0.497 e. The maximum Gasteiger partial charge on any atom is 0.417 e. The number of aliphatic hydroxyl groups excluding tert-OH is 3.